The first kappa shape index (κ1) is 18.2. The van der Waals surface area contributed by atoms with Gasteiger partial charge in [-0.3, -0.25) is 9.69 Å². The number of hydrogen-bond acceptors (Lipinski definition) is 5. The quantitative estimate of drug-likeness (QED) is 0.664. The molecule has 7 heteroatoms. The molecule has 1 saturated heterocycles. The molecule has 0 unspecified atom stereocenters. The molecular formula is C20H24N4O2S. The van der Waals surface area contributed by atoms with Crippen molar-refractivity contribution < 1.29 is 9.53 Å². The summed E-state index contributed by atoms with van der Waals surface area (Å²) in [6.45, 7) is 7.27. The first-order valence-electron chi connectivity index (χ1n) is 9.35. The molecular weight excluding hydrogens is 360 g/mol. The molecule has 1 fully saturated rings. The Labute approximate surface area is 162 Å². The van der Waals surface area contributed by atoms with Crippen LogP contribution in [0, 0.1) is 6.92 Å². The number of carbonyl (C=O) groups excluding carboxylic acids is 1. The van der Waals surface area contributed by atoms with Gasteiger partial charge in [-0.05, 0) is 38.1 Å². The van der Waals surface area contributed by atoms with Gasteiger partial charge in [0.05, 0.1) is 29.5 Å². The van der Waals surface area contributed by atoms with Crippen LogP contribution in [0.4, 0.5) is 0 Å². The third-order valence-corrected chi connectivity index (χ3v) is 5.92. The fourth-order valence-corrected chi connectivity index (χ4v) is 4.42. The zero-order valence-corrected chi connectivity index (χ0v) is 16.3. The minimum absolute atomic E-state index is 0.00260. The number of amides is 1. The number of morpholine rings is 1. The van der Waals surface area contributed by atoms with E-state index in [4.69, 9.17) is 4.74 Å². The third-order valence-electron chi connectivity index (χ3n) is 4.81. The van der Waals surface area contributed by atoms with Gasteiger partial charge in [0.25, 0.3) is 5.91 Å². The second-order valence-electron chi connectivity index (χ2n) is 6.73. The van der Waals surface area contributed by atoms with Gasteiger partial charge in [-0.1, -0.05) is 18.2 Å². The van der Waals surface area contributed by atoms with Crippen LogP contribution >= 0.6 is 11.3 Å². The normalized spacial score (nSPS) is 15.3. The van der Waals surface area contributed by atoms with Gasteiger partial charge in [0.2, 0.25) is 0 Å². The fraction of sp³-hybridized carbons (Fsp3) is 0.400. The number of aromatic nitrogens is 2. The number of benzene rings is 1. The SMILES string of the molecule is Cc1nn(-c2ccccc2)c2sc(C(=O)NCCCN3CCOCC3)cc12. The third kappa shape index (κ3) is 4.05. The van der Waals surface area contributed by atoms with Gasteiger partial charge in [0.1, 0.15) is 4.83 Å². The second-order valence-corrected chi connectivity index (χ2v) is 7.76. The van der Waals surface area contributed by atoms with Crippen LogP contribution in [0.2, 0.25) is 0 Å². The Balaban J connectivity index is 1.40. The lowest BCUT2D eigenvalue weighted by Gasteiger charge is -2.26. The maximum atomic E-state index is 12.6. The summed E-state index contributed by atoms with van der Waals surface area (Å²) in [5, 5.41) is 8.72. The molecule has 1 aliphatic heterocycles. The van der Waals surface area contributed by atoms with Gasteiger partial charge < -0.3 is 10.1 Å². The molecule has 3 heterocycles. The fourth-order valence-electron chi connectivity index (χ4n) is 3.32. The molecule has 1 N–H and O–H groups in total. The molecule has 4 rings (SSSR count). The van der Waals surface area contributed by atoms with Crippen molar-refractivity contribution in [1.29, 1.82) is 0 Å². The number of carbonyl (C=O) groups is 1. The molecule has 2 aromatic heterocycles. The molecule has 6 nitrogen and oxygen atoms in total. The summed E-state index contributed by atoms with van der Waals surface area (Å²) >= 11 is 1.50. The lowest BCUT2D eigenvalue weighted by Crippen LogP contribution is -2.38. The highest BCUT2D eigenvalue weighted by molar-refractivity contribution is 7.20. The molecule has 3 aromatic rings. The number of nitrogens with one attached hydrogen (secondary N) is 1. The average molecular weight is 385 g/mol. The lowest BCUT2D eigenvalue weighted by molar-refractivity contribution is 0.0374. The Morgan fingerprint density at radius 2 is 2.04 bits per heavy atom. The van der Waals surface area contributed by atoms with Crippen LogP contribution < -0.4 is 5.32 Å². The number of nitrogens with zero attached hydrogens (tertiary/aromatic N) is 3. The van der Waals surface area contributed by atoms with E-state index in [-0.39, 0.29) is 5.91 Å². The molecule has 0 aliphatic carbocycles. The van der Waals surface area contributed by atoms with E-state index in [9.17, 15) is 4.79 Å². The van der Waals surface area contributed by atoms with Crippen LogP contribution in [-0.4, -0.2) is 60.0 Å². The molecule has 1 aromatic carbocycles. The van der Waals surface area contributed by atoms with Crippen LogP contribution in [0.3, 0.4) is 0 Å². The Morgan fingerprint density at radius 1 is 1.26 bits per heavy atom. The monoisotopic (exact) mass is 384 g/mol. The number of fused-ring (bicyclic) bond motifs is 1. The standard InChI is InChI=1S/C20H24N4O2S/c1-15-17-14-18(19(25)21-8-5-9-23-10-12-26-13-11-23)27-20(17)24(22-15)16-6-3-2-4-7-16/h2-4,6-7,14H,5,8-13H2,1H3,(H,21,25). The Bertz CT molecular complexity index is 913. The highest BCUT2D eigenvalue weighted by Gasteiger charge is 2.17. The van der Waals surface area contributed by atoms with Crippen molar-refractivity contribution in [3.05, 3.63) is 47.0 Å². The molecule has 0 radical (unpaired) electrons. The first-order valence-corrected chi connectivity index (χ1v) is 10.2. The van der Waals surface area contributed by atoms with E-state index in [1.807, 2.05) is 48.0 Å². The van der Waals surface area contributed by atoms with Crippen molar-refractivity contribution in [2.24, 2.45) is 0 Å². The number of hydrogen-bond donors (Lipinski definition) is 1. The summed E-state index contributed by atoms with van der Waals surface area (Å²) in [7, 11) is 0. The summed E-state index contributed by atoms with van der Waals surface area (Å²) in [5.41, 5.74) is 1.95. The molecule has 0 bridgehead atoms. The zero-order chi connectivity index (χ0) is 18.6. The summed E-state index contributed by atoms with van der Waals surface area (Å²) in [5.74, 6) is -0.00260. The summed E-state index contributed by atoms with van der Waals surface area (Å²) in [6, 6.07) is 12.0. The Hall–Kier alpha value is -2.22. The highest BCUT2D eigenvalue weighted by atomic mass is 32.1. The van der Waals surface area contributed by atoms with E-state index in [1.54, 1.807) is 0 Å². The number of ether oxygens (including phenoxy) is 1. The van der Waals surface area contributed by atoms with Crippen molar-refractivity contribution in [3.8, 4) is 5.69 Å². The number of thiophene rings is 1. The van der Waals surface area contributed by atoms with E-state index >= 15 is 0 Å². The molecule has 0 atom stereocenters. The van der Waals surface area contributed by atoms with Gasteiger partial charge in [-0.2, -0.15) is 5.10 Å². The maximum Gasteiger partial charge on any atom is 0.261 e. The van der Waals surface area contributed by atoms with Gasteiger partial charge in [0, 0.05) is 25.0 Å². The Morgan fingerprint density at radius 3 is 2.81 bits per heavy atom. The molecule has 27 heavy (non-hydrogen) atoms. The van der Waals surface area contributed by atoms with Crippen LogP contribution in [0.25, 0.3) is 15.9 Å². The molecule has 0 saturated carbocycles. The van der Waals surface area contributed by atoms with Crippen molar-refractivity contribution in [2.75, 3.05) is 39.4 Å². The molecule has 142 valence electrons. The number of para-hydroxylation sites is 1. The molecule has 1 amide bonds. The van der Waals surface area contributed by atoms with Crippen molar-refractivity contribution in [1.82, 2.24) is 20.0 Å². The minimum Gasteiger partial charge on any atom is -0.379 e. The van der Waals surface area contributed by atoms with E-state index < -0.39 is 0 Å². The molecule has 1 aliphatic rings. The van der Waals surface area contributed by atoms with Crippen LogP contribution in [-0.2, 0) is 4.74 Å². The zero-order valence-electron chi connectivity index (χ0n) is 15.5. The van der Waals surface area contributed by atoms with E-state index in [1.165, 1.54) is 11.3 Å². The summed E-state index contributed by atoms with van der Waals surface area (Å²) in [6.07, 6.45) is 0.952. The first-order chi connectivity index (χ1) is 13.2. The van der Waals surface area contributed by atoms with Crippen molar-refractivity contribution >= 4 is 27.5 Å². The molecule has 0 spiro atoms. The van der Waals surface area contributed by atoms with Crippen LogP contribution in [0.1, 0.15) is 21.8 Å². The average Bonchev–Trinajstić information content (AvgIpc) is 3.27. The highest BCUT2D eigenvalue weighted by Crippen LogP contribution is 2.30. The van der Waals surface area contributed by atoms with Crippen molar-refractivity contribution in [2.45, 2.75) is 13.3 Å². The predicted molar refractivity (Wildman–Crippen MR) is 108 cm³/mol. The number of aryl methyl sites for hydroxylation is 1. The van der Waals surface area contributed by atoms with Gasteiger partial charge >= 0.3 is 0 Å². The van der Waals surface area contributed by atoms with E-state index in [0.29, 0.717) is 6.54 Å². The largest absolute Gasteiger partial charge is 0.379 e. The predicted octanol–water partition coefficient (Wildman–Crippen LogP) is 2.85. The van der Waals surface area contributed by atoms with Gasteiger partial charge in [-0.25, -0.2) is 4.68 Å². The van der Waals surface area contributed by atoms with Crippen molar-refractivity contribution in [3.63, 3.8) is 0 Å². The van der Waals surface area contributed by atoms with E-state index in [2.05, 4.69) is 15.3 Å². The van der Waals surface area contributed by atoms with Gasteiger partial charge in [0.15, 0.2) is 0 Å². The number of rotatable bonds is 6. The van der Waals surface area contributed by atoms with Crippen LogP contribution in [0.15, 0.2) is 36.4 Å². The minimum atomic E-state index is -0.00260. The summed E-state index contributed by atoms with van der Waals surface area (Å²) in [4.78, 5) is 16.7. The Kier molecular flexibility index (Phi) is 5.52. The smallest absolute Gasteiger partial charge is 0.261 e. The topological polar surface area (TPSA) is 59.4 Å². The van der Waals surface area contributed by atoms with E-state index in [0.717, 1.165) is 65.7 Å². The van der Waals surface area contributed by atoms with Gasteiger partial charge in [-0.15, -0.1) is 11.3 Å². The second kappa shape index (κ2) is 8.21. The van der Waals surface area contributed by atoms with Crippen LogP contribution in [0.5, 0.6) is 0 Å². The lowest BCUT2D eigenvalue weighted by atomic mass is 10.3. The summed E-state index contributed by atoms with van der Waals surface area (Å²) < 4.78 is 7.28. The maximum absolute atomic E-state index is 12.6.